The van der Waals surface area contributed by atoms with Crippen molar-refractivity contribution in [1.82, 2.24) is 19.8 Å². The Balaban J connectivity index is 2.20. The molecular weight excluding hydrogens is 300 g/mol. The summed E-state index contributed by atoms with van der Waals surface area (Å²) in [5, 5.41) is 0. The molecule has 0 aliphatic rings. The standard InChI is InChI=1S/C19H28N4O/c1-5-17(16-9-7-6-8-10-16)19(24)23(12-11-22(3)4)13-18-15(2)20-14-21-18/h6-10,14,17H,5,11-13H2,1-4H3,(H,20,21). The first-order valence-corrected chi connectivity index (χ1v) is 8.50. The molecule has 1 atom stereocenters. The summed E-state index contributed by atoms with van der Waals surface area (Å²) in [4.78, 5) is 24.7. The highest BCUT2D eigenvalue weighted by molar-refractivity contribution is 5.83. The van der Waals surface area contributed by atoms with E-state index >= 15 is 0 Å². The van der Waals surface area contributed by atoms with Crippen LogP contribution in [0.1, 0.15) is 36.2 Å². The number of hydrogen-bond donors (Lipinski definition) is 1. The lowest BCUT2D eigenvalue weighted by molar-refractivity contribution is -0.133. The molecule has 1 unspecified atom stereocenters. The minimum Gasteiger partial charge on any atom is -0.348 e. The summed E-state index contributed by atoms with van der Waals surface area (Å²) in [6, 6.07) is 10.0. The number of rotatable bonds is 8. The Morgan fingerprint density at radius 1 is 1.21 bits per heavy atom. The van der Waals surface area contributed by atoms with Crippen LogP contribution in [0.4, 0.5) is 0 Å². The Morgan fingerprint density at radius 3 is 2.46 bits per heavy atom. The number of imidazole rings is 1. The van der Waals surface area contributed by atoms with Crippen LogP contribution in [-0.4, -0.2) is 52.9 Å². The second-order valence-corrected chi connectivity index (χ2v) is 6.41. The number of carbonyl (C=O) groups is 1. The first-order valence-electron chi connectivity index (χ1n) is 8.50. The van der Waals surface area contributed by atoms with Gasteiger partial charge in [-0.1, -0.05) is 37.3 Å². The van der Waals surface area contributed by atoms with E-state index in [9.17, 15) is 4.79 Å². The SMILES string of the molecule is CCC(C(=O)N(CCN(C)C)Cc1nc[nH]c1C)c1ccccc1. The molecule has 0 saturated carbocycles. The quantitative estimate of drug-likeness (QED) is 0.811. The van der Waals surface area contributed by atoms with Crippen LogP contribution in [0.2, 0.25) is 0 Å². The summed E-state index contributed by atoms with van der Waals surface area (Å²) in [7, 11) is 4.05. The highest BCUT2D eigenvalue weighted by Crippen LogP contribution is 2.23. The third kappa shape index (κ3) is 4.68. The number of likely N-dealkylation sites (N-methyl/N-ethyl adjacent to an activating group) is 1. The molecule has 0 radical (unpaired) electrons. The molecule has 5 nitrogen and oxygen atoms in total. The summed E-state index contributed by atoms with van der Waals surface area (Å²) in [5.41, 5.74) is 3.04. The van der Waals surface area contributed by atoms with Gasteiger partial charge in [0.25, 0.3) is 0 Å². The van der Waals surface area contributed by atoms with Gasteiger partial charge in [-0.15, -0.1) is 0 Å². The fraction of sp³-hybridized carbons (Fsp3) is 0.474. The molecule has 0 aliphatic heterocycles. The summed E-state index contributed by atoms with van der Waals surface area (Å²) >= 11 is 0. The van der Waals surface area contributed by atoms with E-state index < -0.39 is 0 Å². The lowest BCUT2D eigenvalue weighted by Crippen LogP contribution is -2.39. The summed E-state index contributed by atoms with van der Waals surface area (Å²) in [5.74, 6) is 0.0700. The van der Waals surface area contributed by atoms with Crippen LogP contribution >= 0.6 is 0 Å². The van der Waals surface area contributed by atoms with Gasteiger partial charge in [-0.05, 0) is 33.0 Å². The van der Waals surface area contributed by atoms with Crippen molar-refractivity contribution in [2.45, 2.75) is 32.7 Å². The molecule has 0 spiro atoms. The first-order chi connectivity index (χ1) is 11.5. The van der Waals surface area contributed by atoms with Gasteiger partial charge in [0.05, 0.1) is 24.5 Å². The van der Waals surface area contributed by atoms with Gasteiger partial charge in [0.2, 0.25) is 5.91 Å². The van der Waals surface area contributed by atoms with E-state index in [0.29, 0.717) is 13.1 Å². The molecule has 0 saturated heterocycles. The zero-order chi connectivity index (χ0) is 17.5. The van der Waals surface area contributed by atoms with Gasteiger partial charge in [-0.3, -0.25) is 4.79 Å². The molecule has 1 aromatic heterocycles. The molecule has 2 aromatic rings. The Morgan fingerprint density at radius 2 is 1.92 bits per heavy atom. The van der Waals surface area contributed by atoms with E-state index in [4.69, 9.17) is 0 Å². The zero-order valence-corrected chi connectivity index (χ0v) is 15.1. The van der Waals surface area contributed by atoms with Crippen molar-refractivity contribution in [1.29, 1.82) is 0 Å². The molecule has 1 N–H and O–H groups in total. The van der Waals surface area contributed by atoms with E-state index in [2.05, 4.69) is 21.8 Å². The summed E-state index contributed by atoms with van der Waals surface area (Å²) in [6.45, 7) is 6.14. The maximum absolute atomic E-state index is 13.2. The highest BCUT2D eigenvalue weighted by Gasteiger charge is 2.25. The fourth-order valence-electron chi connectivity index (χ4n) is 2.77. The van der Waals surface area contributed by atoms with Crippen molar-refractivity contribution < 1.29 is 4.79 Å². The lowest BCUT2D eigenvalue weighted by Gasteiger charge is -2.28. The van der Waals surface area contributed by atoms with Crippen molar-refractivity contribution in [2.75, 3.05) is 27.2 Å². The zero-order valence-electron chi connectivity index (χ0n) is 15.1. The van der Waals surface area contributed by atoms with Crippen LogP contribution in [0.3, 0.4) is 0 Å². The van der Waals surface area contributed by atoms with Gasteiger partial charge in [0, 0.05) is 18.8 Å². The van der Waals surface area contributed by atoms with Crippen LogP contribution in [0, 0.1) is 6.92 Å². The van der Waals surface area contributed by atoms with Gasteiger partial charge in [-0.2, -0.15) is 0 Å². The summed E-state index contributed by atoms with van der Waals surface area (Å²) < 4.78 is 0. The van der Waals surface area contributed by atoms with E-state index in [0.717, 1.165) is 29.9 Å². The van der Waals surface area contributed by atoms with E-state index in [-0.39, 0.29) is 11.8 Å². The molecule has 5 heteroatoms. The largest absolute Gasteiger partial charge is 0.348 e. The van der Waals surface area contributed by atoms with Gasteiger partial charge in [0.15, 0.2) is 0 Å². The number of nitrogens with one attached hydrogen (secondary N) is 1. The molecule has 1 amide bonds. The average Bonchev–Trinajstić information content (AvgIpc) is 2.97. The molecule has 2 rings (SSSR count). The van der Waals surface area contributed by atoms with Crippen LogP contribution in [0.5, 0.6) is 0 Å². The summed E-state index contributed by atoms with van der Waals surface area (Å²) in [6.07, 6.45) is 2.48. The normalized spacial score (nSPS) is 12.4. The Kier molecular flexibility index (Phi) is 6.55. The lowest BCUT2D eigenvalue weighted by atomic mass is 9.95. The molecule has 0 aliphatic carbocycles. The van der Waals surface area contributed by atoms with Crippen LogP contribution in [0.25, 0.3) is 0 Å². The number of aryl methyl sites for hydroxylation is 1. The van der Waals surface area contributed by atoms with Crippen molar-refractivity contribution in [3.05, 3.63) is 53.6 Å². The van der Waals surface area contributed by atoms with E-state index in [1.54, 1.807) is 6.33 Å². The number of carbonyl (C=O) groups excluding carboxylic acids is 1. The second-order valence-electron chi connectivity index (χ2n) is 6.41. The number of hydrogen-bond acceptors (Lipinski definition) is 3. The first kappa shape index (κ1) is 18.2. The van der Waals surface area contributed by atoms with Crippen molar-refractivity contribution >= 4 is 5.91 Å². The molecule has 0 bridgehead atoms. The number of aromatic nitrogens is 2. The number of aromatic amines is 1. The highest BCUT2D eigenvalue weighted by atomic mass is 16.2. The second kappa shape index (κ2) is 8.64. The minimum absolute atomic E-state index is 0.104. The smallest absolute Gasteiger partial charge is 0.230 e. The third-order valence-electron chi connectivity index (χ3n) is 4.31. The monoisotopic (exact) mass is 328 g/mol. The topological polar surface area (TPSA) is 52.2 Å². The maximum Gasteiger partial charge on any atom is 0.230 e. The Bertz CT molecular complexity index is 636. The van der Waals surface area contributed by atoms with E-state index in [1.807, 2.05) is 56.3 Å². The van der Waals surface area contributed by atoms with Crippen LogP contribution in [0.15, 0.2) is 36.7 Å². The molecule has 24 heavy (non-hydrogen) atoms. The molecule has 1 heterocycles. The third-order valence-corrected chi connectivity index (χ3v) is 4.31. The van der Waals surface area contributed by atoms with Crippen LogP contribution in [-0.2, 0) is 11.3 Å². The number of amides is 1. The maximum atomic E-state index is 13.2. The van der Waals surface area contributed by atoms with Crippen molar-refractivity contribution in [3.63, 3.8) is 0 Å². The number of H-pyrrole nitrogens is 1. The predicted octanol–water partition coefficient (Wildman–Crippen LogP) is 2.80. The average molecular weight is 328 g/mol. The molecule has 0 fully saturated rings. The molecule has 1 aromatic carbocycles. The van der Waals surface area contributed by atoms with Crippen LogP contribution < -0.4 is 0 Å². The molecular formula is C19H28N4O. The van der Waals surface area contributed by atoms with Gasteiger partial charge in [-0.25, -0.2) is 4.98 Å². The van der Waals surface area contributed by atoms with Crippen molar-refractivity contribution in [2.24, 2.45) is 0 Å². The van der Waals surface area contributed by atoms with Gasteiger partial charge < -0.3 is 14.8 Å². The van der Waals surface area contributed by atoms with E-state index in [1.165, 1.54) is 0 Å². The fourth-order valence-corrected chi connectivity index (χ4v) is 2.77. The van der Waals surface area contributed by atoms with Crippen molar-refractivity contribution in [3.8, 4) is 0 Å². The Labute approximate surface area is 144 Å². The Hall–Kier alpha value is -2.14. The minimum atomic E-state index is -0.104. The number of nitrogens with zero attached hydrogens (tertiary/aromatic N) is 3. The van der Waals surface area contributed by atoms with Gasteiger partial charge >= 0.3 is 0 Å². The predicted molar refractivity (Wildman–Crippen MR) is 96.8 cm³/mol. The number of benzene rings is 1. The van der Waals surface area contributed by atoms with Gasteiger partial charge in [0.1, 0.15) is 0 Å². The molecule has 130 valence electrons.